The van der Waals surface area contributed by atoms with Gasteiger partial charge in [-0.25, -0.2) is 4.99 Å². The van der Waals surface area contributed by atoms with Gasteiger partial charge in [0.1, 0.15) is 5.76 Å². The van der Waals surface area contributed by atoms with E-state index >= 15 is 0 Å². The number of rotatable bonds is 11. The Morgan fingerprint density at radius 3 is 2.74 bits per heavy atom. The van der Waals surface area contributed by atoms with E-state index in [2.05, 4.69) is 22.9 Å². The first-order chi connectivity index (χ1) is 15.1. The minimum Gasteiger partial charge on any atom is -0.467 e. The van der Waals surface area contributed by atoms with Gasteiger partial charge in [0.25, 0.3) is 5.91 Å². The highest BCUT2D eigenvalue weighted by Gasteiger charge is 2.36. The van der Waals surface area contributed by atoms with Gasteiger partial charge < -0.3 is 25.1 Å². The van der Waals surface area contributed by atoms with Gasteiger partial charge >= 0.3 is 0 Å². The lowest BCUT2D eigenvalue weighted by atomic mass is 9.67. The third-order valence-electron chi connectivity index (χ3n) is 5.84. The molecule has 0 unspecified atom stereocenters. The molecule has 1 saturated carbocycles. The topological polar surface area (TPSA) is 87.9 Å². The molecule has 1 aromatic carbocycles. The van der Waals surface area contributed by atoms with E-state index in [4.69, 9.17) is 14.1 Å². The van der Waals surface area contributed by atoms with Crippen molar-refractivity contribution in [2.45, 2.75) is 45.7 Å². The zero-order valence-corrected chi connectivity index (χ0v) is 18.6. The smallest absolute Gasteiger partial charge is 0.251 e. The molecule has 1 heterocycles. The van der Waals surface area contributed by atoms with Crippen LogP contribution in [-0.2, 0) is 17.8 Å². The largest absolute Gasteiger partial charge is 0.467 e. The van der Waals surface area contributed by atoms with Crippen molar-refractivity contribution in [1.29, 1.82) is 0 Å². The Bertz CT molecular complexity index is 844. The van der Waals surface area contributed by atoms with Gasteiger partial charge in [-0.2, -0.15) is 0 Å². The van der Waals surface area contributed by atoms with E-state index in [1.54, 1.807) is 19.4 Å². The van der Waals surface area contributed by atoms with Crippen LogP contribution < -0.4 is 16.0 Å². The number of carbonyl (C=O) groups is 1. The molecule has 0 bridgehead atoms. The van der Waals surface area contributed by atoms with Crippen molar-refractivity contribution in [1.82, 2.24) is 16.0 Å². The number of amides is 1. The van der Waals surface area contributed by atoms with Gasteiger partial charge in [-0.3, -0.25) is 4.79 Å². The molecule has 7 heteroatoms. The predicted octanol–water partition coefficient (Wildman–Crippen LogP) is 3.47. The third kappa shape index (κ3) is 6.85. The van der Waals surface area contributed by atoms with E-state index in [0.717, 1.165) is 43.4 Å². The van der Waals surface area contributed by atoms with E-state index < -0.39 is 0 Å². The van der Waals surface area contributed by atoms with Crippen LogP contribution in [0.15, 0.2) is 52.1 Å². The Kier molecular flexibility index (Phi) is 8.53. The minimum atomic E-state index is -0.127. The van der Waals surface area contributed by atoms with Gasteiger partial charge in [0, 0.05) is 32.4 Å². The molecule has 1 fully saturated rings. The fraction of sp³-hybridized carbons (Fsp3) is 0.500. The van der Waals surface area contributed by atoms with Gasteiger partial charge in [-0.15, -0.1) is 0 Å². The molecule has 1 aliphatic rings. The monoisotopic (exact) mass is 426 g/mol. The Balaban J connectivity index is 1.56. The normalized spacial score (nSPS) is 15.2. The van der Waals surface area contributed by atoms with Crippen molar-refractivity contribution >= 4 is 11.9 Å². The van der Waals surface area contributed by atoms with Gasteiger partial charge in [0.15, 0.2) is 5.96 Å². The van der Waals surface area contributed by atoms with Crippen LogP contribution in [0.25, 0.3) is 0 Å². The second-order valence-corrected chi connectivity index (χ2v) is 8.11. The van der Waals surface area contributed by atoms with Crippen LogP contribution in [0.5, 0.6) is 0 Å². The molecule has 1 aliphatic carbocycles. The van der Waals surface area contributed by atoms with Crippen LogP contribution >= 0.6 is 0 Å². The predicted molar refractivity (Wildman–Crippen MR) is 122 cm³/mol. The maximum Gasteiger partial charge on any atom is 0.251 e. The van der Waals surface area contributed by atoms with Crippen LogP contribution in [0.4, 0.5) is 0 Å². The molecular formula is C24H34N4O3. The van der Waals surface area contributed by atoms with Gasteiger partial charge in [0.05, 0.1) is 19.4 Å². The van der Waals surface area contributed by atoms with Gasteiger partial charge in [-0.05, 0) is 61.4 Å². The highest BCUT2D eigenvalue weighted by Crippen LogP contribution is 2.43. The molecule has 31 heavy (non-hydrogen) atoms. The summed E-state index contributed by atoms with van der Waals surface area (Å²) in [6.07, 6.45) is 6.43. The summed E-state index contributed by atoms with van der Waals surface area (Å²) >= 11 is 0. The van der Waals surface area contributed by atoms with Crippen LogP contribution in [0.2, 0.25) is 0 Å². The SMILES string of the molecule is CCNC(=NCc1cccc(C(=O)NCc2ccco2)c1)NCC1(CCOC)CCC1. The molecule has 0 radical (unpaired) electrons. The molecule has 3 N–H and O–H groups in total. The number of ether oxygens (including phenoxy) is 1. The average Bonchev–Trinajstić information content (AvgIpc) is 3.28. The summed E-state index contributed by atoms with van der Waals surface area (Å²) in [5.74, 6) is 1.40. The molecule has 0 saturated heterocycles. The standard InChI is InChI=1S/C24H34N4O3/c1-3-25-23(28-18-24(10-6-11-24)12-14-30-2)27-16-19-7-4-8-20(15-19)22(29)26-17-21-9-5-13-31-21/h4-5,7-9,13,15H,3,6,10-12,14,16-18H2,1-2H3,(H,26,29)(H2,25,27,28). The lowest BCUT2D eigenvalue weighted by Gasteiger charge is -2.42. The van der Waals surface area contributed by atoms with Gasteiger partial charge in [-0.1, -0.05) is 18.6 Å². The first-order valence-corrected chi connectivity index (χ1v) is 11.0. The quantitative estimate of drug-likeness (QED) is 0.378. The van der Waals surface area contributed by atoms with E-state index in [-0.39, 0.29) is 5.91 Å². The zero-order valence-electron chi connectivity index (χ0n) is 18.6. The van der Waals surface area contributed by atoms with E-state index in [1.807, 2.05) is 30.3 Å². The Morgan fingerprint density at radius 1 is 1.19 bits per heavy atom. The number of hydrogen-bond donors (Lipinski definition) is 3. The van der Waals surface area contributed by atoms with Crippen LogP contribution in [0.1, 0.15) is 54.3 Å². The van der Waals surface area contributed by atoms with Crippen LogP contribution in [0, 0.1) is 5.41 Å². The number of methoxy groups -OCH3 is 1. The lowest BCUT2D eigenvalue weighted by molar-refractivity contribution is 0.0732. The zero-order chi connectivity index (χ0) is 21.9. The van der Waals surface area contributed by atoms with E-state index in [1.165, 1.54) is 19.3 Å². The lowest BCUT2D eigenvalue weighted by Crippen LogP contribution is -2.46. The van der Waals surface area contributed by atoms with E-state index in [0.29, 0.717) is 24.1 Å². The fourth-order valence-electron chi connectivity index (χ4n) is 3.79. The number of carbonyl (C=O) groups excluding carboxylic acids is 1. The molecular weight excluding hydrogens is 392 g/mol. The van der Waals surface area contributed by atoms with E-state index in [9.17, 15) is 4.79 Å². The molecule has 2 aromatic rings. The minimum absolute atomic E-state index is 0.127. The van der Waals surface area contributed by atoms with Crippen molar-refractivity contribution < 1.29 is 13.9 Å². The van der Waals surface area contributed by atoms with Crippen molar-refractivity contribution in [3.05, 3.63) is 59.5 Å². The maximum atomic E-state index is 12.4. The number of hydrogen-bond acceptors (Lipinski definition) is 4. The Morgan fingerprint density at radius 2 is 2.06 bits per heavy atom. The summed E-state index contributed by atoms with van der Waals surface area (Å²) in [7, 11) is 1.76. The summed E-state index contributed by atoms with van der Waals surface area (Å²) in [5.41, 5.74) is 1.92. The van der Waals surface area contributed by atoms with Crippen molar-refractivity contribution in [2.75, 3.05) is 26.8 Å². The molecule has 0 aliphatic heterocycles. The number of aliphatic imine (C=N–C) groups is 1. The summed E-state index contributed by atoms with van der Waals surface area (Å²) in [6, 6.07) is 11.2. The Hall–Kier alpha value is -2.80. The van der Waals surface area contributed by atoms with Crippen molar-refractivity contribution in [2.24, 2.45) is 10.4 Å². The first-order valence-electron chi connectivity index (χ1n) is 11.0. The molecule has 1 amide bonds. The molecule has 3 rings (SSSR count). The van der Waals surface area contributed by atoms with Crippen molar-refractivity contribution in [3.8, 4) is 0 Å². The summed E-state index contributed by atoms with van der Waals surface area (Å²) in [6.45, 7) is 5.42. The molecule has 168 valence electrons. The second-order valence-electron chi connectivity index (χ2n) is 8.11. The Labute approximate surface area is 184 Å². The van der Waals surface area contributed by atoms with Crippen LogP contribution in [0.3, 0.4) is 0 Å². The number of nitrogens with one attached hydrogen (secondary N) is 3. The highest BCUT2D eigenvalue weighted by molar-refractivity contribution is 5.94. The maximum absolute atomic E-state index is 12.4. The average molecular weight is 427 g/mol. The number of guanidine groups is 1. The summed E-state index contributed by atoms with van der Waals surface area (Å²) in [5, 5.41) is 9.71. The molecule has 7 nitrogen and oxygen atoms in total. The fourth-order valence-corrected chi connectivity index (χ4v) is 3.79. The molecule has 0 spiro atoms. The third-order valence-corrected chi connectivity index (χ3v) is 5.84. The summed E-state index contributed by atoms with van der Waals surface area (Å²) in [4.78, 5) is 17.2. The molecule has 0 atom stereocenters. The number of nitrogens with zero attached hydrogens (tertiary/aromatic N) is 1. The van der Waals surface area contributed by atoms with Crippen molar-refractivity contribution in [3.63, 3.8) is 0 Å². The van der Waals surface area contributed by atoms with Crippen LogP contribution in [-0.4, -0.2) is 38.7 Å². The highest BCUT2D eigenvalue weighted by atomic mass is 16.5. The second kappa shape index (κ2) is 11.6. The molecule has 1 aromatic heterocycles. The number of benzene rings is 1. The van der Waals surface area contributed by atoms with Gasteiger partial charge in [0.2, 0.25) is 0 Å². The number of furan rings is 1. The first kappa shape index (κ1) is 22.9. The summed E-state index contributed by atoms with van der Waals surface area (Å²) < 4.78 is 10.5.